The van der Waals surface area contributed by atoms with Gasteiger partial charge in [0.2, 0.25) is 0 Å². The van der Waals surface area contributed by atoms with Gasteiger partial charge in [0, 0.05) is 5.56 Å². The first-order chi connectivity index (χ1) is 6.96. The lowest BCUT2D eigenvalue weighted by Gasteiger charge is -2.18. The van der Waals surface area contributed by atoms with Crippen LogP contribution in [-0.4, -0.2) is 16.8 Å². The van der Waals surface area contributed by atoms with Gasteiger partial charge in [0.1, 0.15) is 17.1 Å². The van der Waals surface area contributed by atoms with Crippen molar-refractivity contribution in [2.75, 3.05) is 6.61 Å². The van der Waals surface area contributed by atoms with Crippen LogP contribution in [0.4, 0.5) is 4.39 Å². The fraction of sp³-hybridized carbons (Fsp3) is 0.455. The van der Waals surface area contributed by atoms with E-state index in [-0.39, 0.29) is 0 Å². The van der Waals surface area contributed by atoms with Crippen molar-refractivity contribution < 1.29 is 9.13 Å². The van der Waals surface area contributed by atoms with Crippen LogP contribution in [0.25, 0.3) is 5.76 Å². The molecule has 4 heteroatoms. The Morgan fingerprint density at radius 2 is 2.27 bits per heavy atom. The highest BCUT2D eigenvalue weighted by atomic mass is 19.1. The molecular formula is C11H15FN2O. The van der Waals surface area contributed by atoms with Crippen LogP contribution in [0, 0.1) is 0 Å². The van der Waals surface area contributed by atoms with E-state index in [1.165, 1.54) is 20.0 Å². The molecule has 1 aromatic rings. The van der Waals surface area contributed by atoms with Crippen molar-refractivity contribution in [2.45, 2.75) is 26.4 Å². The average molecular weight is 210 g/mol. The van der Waals surface area contributed by atoms with Gasteiger partial charge in [-0.1, -0.05) is 6.58 Å². The van der Waals surface area contributed by atoms with Crippen molar-refractivity contribution in [3.8, 4) is 0 Å². The molecule has 15 heavy (non-hydrogen) atoms. The molecule has 0 N–H and O–H groups in total. The summed E-state index contributed by atoms with van der Waals surface area (Å²) in [5, 5.41) is 7.55. The highest BCUT2D eigenvalue weighted by Gasteiger charge is 2.25. The van der Waals surface area contributed by atoms with Crippen molar-refractivity contribution in [3.63, 3.8) is 0 Å². The maximum absolute atomic E-state index is 13.8. The van der Waals surface area contributed by atoms with Gasteiger partial charge in [0.25, 0.3) is 0 Å². The number of nitrogens with zero attached hydrogens (tertiary/aromatic N) is 2. The van der Waals surface area contributed by atoms with E-state index >= 15 is 0 Å². The Bertz CT molecular complexity index is 358. The molecule has 0 saturated heterocycles. The van der Waals surface area contributed by atoms with Crippen molar-refractivity contribution >= 4 is 5.76 Å². The van der Waals surface area contributed by atoms with Gasteiger partial charge >= 0.3 is 0 Å². The number of alkyl halides is 1. The van der Waals surface area contributed by atoms with Gasteiger partial charge in [-0.05, 0) is 26.8 Å². The molecule has 0 atom stereocenters. The Morgan fingerprint density at radius 1 is 1.60 bits per heavy atom. The fourth-order valence-electron chi connectivity index (χ4n) is 1.26. The number of hydrogen-bond acceptors (Lipinski definition) is 3. The molecule has 0 spiro atoms. The molecule has 1 heterocycles. The van der Waals surface area contributed by atoms with E-state index in [2.05, 4.69) is 16.8 Å². The number of ether oxygens (including phenoxy) is 1. The van der Waals surface area contributed by atoms with Crippen molar-refractivity contribution in [2.24, 2.45) is 0 Å². The molecule has 0 aliphatic rings. The van der Waals surface area contributed by atoms with Crippen LogP contribution >= 0.6 is 0 Å². The summed E-state index contributed by atoms with van der Waals surface area (Å²) in [5.41, 5.74) is -0.659. The van der Waals surface area contributed by atoms with Gasteiger partial charge in [0.05, 0.1) is 12.8 Å². The van der Waals surface area contributed by atoms with Crippen LogP contribution in [0.1, 0.15) is 32.0 Å². The van der Waals surface area contributed by atoms with Crippen molar-refractivity contribution in [1.82, 2.24) is 10.2 Å². The molecule has 0 fully saturated rings. The summed E-state index contributed by atoms with van der Waals surface area (Å²) >= 11 is 0. The second-order valence-electron chi connectivity index (χ2n) is 3.62. The smallest absolute Gasteiger partial charge is 0.140 e. The third-order valence-corrected chi connectivity index (χ3v) is 1.94. The summed E-state index contributed by atoms with van der Waals surface area (Å²) in [7, 11) is 0. The molecule has 0 saturated carbocycles. The summed E-state index contributed by atoms with van der Waals surface area (Å²) in [4.78, 5) is 0. The van der Waals surface area contributed by atoms with E-state index in [1.807, 2.05) is 6.92 Å². The number of halogens is 1. The fourth-order valence-corrected chi connectivity index (χ4v) is 1.26. The molecule has 0 bridgehead atoms. The first kappa shape index (κ1) is 11.6. The van der Waals surface area contributed by atoms with Crippen LogP contribution < -0.4 is 0 Å². The van der Waals surface area contributed by atoms with Crippen LogP contribution in [-0.2, 0) is 10.4 Å². The minimum absolute atomic E-state index is 0.353. The molecular weight excluding hydrogens is 195 g/mol. The van der Waals surface area contributed by atoms with E-state index in [0.717, 1.165) is 0 Å². The van der Waals surface area contributed by atoms with Crippen LogP contribution in [0.3, 0.4) is 0 Å². The second-order valence-corrected chi connectivity index (χ2v) is 3.62. The van der Waals surface area contributed by atoms with Crippen molar-refractivity contribution in [1.29, 1.82) is 0 Å². The zero-order chi connectivity index (χ0) is 11.5. The molecule has 82 valence electrons. The normalized spacial score (nSPS) is 11.2. The predicted octanol–water partition coefficient (Wildman–Crippen LogP) is 2.69. The maximum atomic E-state index is 13.8. The van der Waals surface area contributed by atoms with Gasteiger partial charge in [0.15, 0.2) is 0 Å². The van der Waals surface area contributed by atoms with Gasteiger partial charge in [-0.2, -0.15) is 5.10 Å². The molecule has 0 aliphatic heterocycles. The SMILES string of the molecule is C=C(OCC)c1nnccc1C(C)(C)F. The summed E-state index contributed by atoms with van der Waals surface area (Å²) < 4.78 is 19.0. The molecule has 0 radical (unpaired) electrons. The molecule has 0 aliphatic carbocycles. The Morgan fingerprint density at radius 3 is 2.80 bits per heavy atom. The first-order valence-corrected chi connectivity index (χ1v) is 4.80. The molecule has 0 amide bonds. The third-order valence-electron chi connectivity index (χ3n) is 1.94. The van der Waals surface area contributed by atoms with Crippen LogP contribution in [0.15, 0.2) is 18.8 Å². The summed E-state index contributed by atoms with van der Waals surface area (Å²) in [6.45, 7) is 8.94. The Balaban J connectivity index is 3.12. The van der Waals surface area contributed by atoms with Crippen LogP contribution in [0.2, 0.25) is 0 Å². The van der Waals surface area contributed by atoms with Gasteiger partial charge in [-0.15, -0.1) is 5.10 Å². The highest BCUT2D eigenvalue weighted by Crippen LogP contribution is 2.29. The first-order valence-electron chi connectivity index (χ1n) is 4.80. The summed E-state index contributed by atoms with van der Waals surface area (Å²) in [6, 6.07) is 1.59. The zero-order valence-electron chi connectivity index (χ0n) is 9.25. The predicted molar refractivity (Wildman–Crippen MR) is 56.8 cm³/mol. The lowest BCUT2D eigenvalue weighted by Crippen LogP contribution is -2.14. The summed E-state index contributed by atoms with van der Waals surface area (Å²) in [6.07, 6.45) is 1.46. The van der Waals surface area contributed by atoms with Gasteiger partial charge in [-0.3, -0.25) is 0 Å². The number of aromatic nitrogens is 2. The van der Waals surface area contributed by atoms with E-state index in [0.29, 0.717) is 23.6 Å². The van der Waals surface area contributed by atoms with Gasteiger partial charge < -0.3 is 4.74 Å². The molecule has 3 nitrogen and oxygen atoms in total. The highest BCUT2D eigenvalue weighted by molar-refractivity contribution is 5.57. The minimum atomic E-state index is -1.48. The molecule has 0 aromatic carbocycles. The van der Waals surface area contributed by atoms with E-state index in [9.17, 15) is 4.39 Å². The lowest BCUT2D eigenvalue weighted by atomic mass is 9.98. The van der Waals surface area contributed by atoms with Crippen molar-refractivity contribution in [3.05, 3.63) is 30.1 Å². The Kier molecular flexibility index (Phi) is 3.39. The molecule has 0 unspecified atom stereocenters. The number of rotatable bonds is 4. The lowest BCUT2D eigenvalue weighted by molar-refractivity contribution is 0.217. The minimum Gasteiger partial charge on any atom is -0.492 e. The standard InChI is InChI=1S/C11H15FN2O/c1-5-15-8(2)10-9(11(3,4)12)6-7-13-14-10/h6-7H,2,5H2,1,3-4H3. The largest absolute Gasteiger partial charge is 0.492 e. The van der Waals surface area contributed by atoms with E-state index < -0.39 is 5.67 Å². The summed E-state index contributed by atoms with van der Waals surface area (Å²) in [5.74, 6) is 0.353. The van der Waals surface area contributed by atoms with Crippen LogP contribution in [0.5, 0.6) is 0 Å². The maximum Gasteiger partial charge on any atom is 0.140 e. The van der Waals surface area contributed by atoms with Gasteiger partial charge in [-0.25, -0.2) is 4.39 Å². The quantitative estimate of drug-likeness (QED) is 0.717. The monoisotopic (exact) mass is 210 g/mol. The number of hydrogen-bond donors (Lipinski definition) is 0. The van der Waals surface area contributed by atoms with E-state index in [1.54, 1.807) is 6.07 Å². The molecule has 1 rings (SSSR count). The Hall–Kier alpha value is -1.45. The zero-order valence-corrected chi connectivity index (χ0v) is 9.25. The third kappa shape index (κ3) is 2.75. The van der Waals surface area contributed by atoms with E-state index in [4.69, 9.17) is 4.74 Å². The molecule has 1 aromatic heterocycles. The average Bonchev–Trinajstić information content (AvgIpc) is 2.17. The second kappa shape index (κ2) is 4.38. The Labute approximate surface area is 89.0 Å². The topological polar surface area (TPSA) is 35.0 Å².